The first-order valence-corrected chi connectivity index (χ1v) is 9.17. The number of rotatable bonds is 3. The Morgan fingerprint density at radius 1 is 1.19 bits per heavy atom. The highest BCUT2D eigenvalue weighted by molar-refractivity contribution is 7.91. The third-order valence-corrected chi connectivity index (χ3v) is 5.67. The second-order valence-corrected chi connectivity index (χ2v) is 8.58. The van der Waals surface area contributed by atoms with Gasteiger partial charge in [0.1, 0.15) is 0 Å². The van der Waals surface area contributed by atoms with Gasteiger partial charge in [-0.1, -0.05) is 0 Å². The van der Waals surface area contributed by atoms with Crippen molar-refractivity contribution in [2.24, 2.45) is 0 Å². The van der Waals surface area contributed by atoms with Crippen LogP contribution in [0.3, 0.4) is 0 Å². The molecule has 0 radical (unpaired) electrons. The summed E-state index contributed by atoms with van der Waals surface area (Å²) in [5.41, 5.74) is 0.871. The second kappa shape index (κ2) is 4.80. The van der Waals surface area contributed by atoms with Crippen molar-refractivity contribution in [2.75, 3.05) is 11.6 Å². The van der Waals surface area contributed by atoms with E-state index < -0.39 is 15.6 Å². The molecular formula is C15H21NO4S. The molecule has 0 spiro atoms. The summed E-state index contributed by atoms with van der Waals surface area (Å²) in [6, 6.07) is 5.60. The van der Waals surface area contributed by atoms with Crippen molar-refractivity contribution in [1.29, 1.82) is 0 Å². The van der Waals surface area contributed by atoms with Gasteiger partial charge < -0.3 is 14.8 Å². The third kappa shape index (κ3) is 2.95. The van der Waals surface area contributed by atoms with Gasteiger partial charge in [-0.2, -0.15) is 0 Å². The Balaban J connectivity index is 1.78. The Morgan fingerprint density at radius 3 is 2.62 bits per heavy atom. The summed E-state index contributed by atoms with van der Waals surface area (Å²) in [7, 11) is -3.02. The predicted octanol–water partition coefficient (Wildman–Crippen LogP) is 2.57. The predicted molar refractivity (Wildman–Crippen MR) is 81.7 cm³/mol. The van der Waals surface area contributed by atoms with E-state index in [4.69, 9.17) is 9.47 Å². The standard InChI is InChI=1S/C15H21NO4S/c1-15(2)19-12-8-7-10(9-13(12)20-15)16-11-5-4-6-14(11)21(3,17)18/h7-9,11,14,16H,4-6H2,1-3H3. The van der Waals surface area contributed by atoms with E-state index in [-0.39, 0.29) is 11.3 Å². The van der Waals surface area contributed by atoms with Crippen molar-refractivity contribution in [2.45, 2.75) is 50.2 Å². The summed E-state index contributed by atoms with van der Waals surface area (Å²) in [6.45, 7) is 3.72. The van der Waals surface area contributed by atoms with E-state index in [1.807, 2.05) is 32.0 Å². The van der Waals surface area contributed by atoms with E-state index >= 15 is 0 Å². The van der Waals surface area contributed by atoms with Gasteiger partial charge in [0.15, 0.2) is 21.3 Å². The molecule has 1 aliphatic heterocycles. The quantitative estimate of drug-likeness (QED) is 0.929. The lowest BCUT2D eigenvalue weighted by molar-refractivity contribution is -0.0431. The average Bonchev–Trinajstić information content (AvgIpc) is 2.90. The molecule has 5 nitrogen and oxygen atoms in total. The van der Waals surface area contributed by atoms with E-state index in [1.165, 1.54) is 6.26 Å². The Bertz CT molecular complexity index is 654. The molecule has 116 valence electrons. The fourth-order valence-corrected chi connectivity index (χ4v) is 4.53. The molecule has 2 aliphatic rings. The van der Waals surface area contributed by atoms with E-state index in [0.717, 1.165) is 30.7 Å². The number of nitrogens with one attached hydrogen (secondary N) is 1. The molecule has 3 rings (SSSR count). The minimum Gasteiger partial charge on any atom is -0.449 e. The number of fused-ring (bicyclic) bond motifs is 1. The molecule has 0 saturated heterocycles. The van der Waals surface area contributed by atoms with Crippen molar-refractivity contribution < 1.29 is 17.9 Å². The van der Waals surface area contributed by atoms with Crippen LogP contribution in [-0.2, 0) is 9.84 Å². The highest BCUT2D eigenvalue weighted by Gasteiger charge is 2.35. The lowest BCUT2D eigenvalue weighted by atomic mass is 10.2. The first kappa shape index (κ1) is 14.5. The van der Waals surface area contributed by atoms with Gasteiger partial charge in [0.2, 0.25) is 5.79 Å². The number of hydrogen-bond acceptors (Lipinski definition) is 5. The van der Waals surface area contributed by atoms with Crippen LogP contribution in [0.25, 0.3) is 0 Å². The molecule has 1 aromatic rings. The Morgan fingerprint density at radius 2 is 1.90 bits per heavy atom. The number of hydrogen-bond donors (Lipinski definition) is 1. The molecule has 1 aromatic carbocycles. The minimum absolute atomic E-state index is 0.0339. The molecule has 1 N–H and O–H groups in total. The summed E-state index contributed by atoms with van der Waals surface area (Å²) in [5, 5.41) is 3.03. The van der Waals surface area contributed by atoms with Gasteiger partial charge in [0.25, 0.3) is 0 Å². The van der Waals surface area contributed by atoms with Crippen molar-refractivity contribution in [3.63, 3.8) is 0 Å². The Hall–Kier alpha value is -1.43. The molecule has 2 unspecified atom stereocenters. The summed E-state index contributed by atoms with van der Waals surface area (Å²) in [4.78, 5) is 0. The normalized spacial score (nSPS) is 26.8. The van der Waals surface area contributed by atoms with Crippen LogP contribution in [0.4, 0.5) is 5.69 Å². The minimum atomic E-state index is -3.02. The summed E-state index contributed by atoms with van der Waals surface area (Å²) in [5.74, 6) is 0.763. The molecule has 0 amide bonds. The van der Waals surface area contributed by atoms with Crippen LogP contribution in [0, 0.1) is 0 Å². The third-order valence-electron chi connectivity index (χ3n) is 4.01. The zero-order valence-electron chi connectivity index (χ0n) is 12.5. The first-order chi connectivity index (χ1) is 9.74. The van der Waals surface area contributed by atoms with Crippen LogP contribution in [0.2, 0.25) is 0 Å². The molecule has 1 saturated carbocycles. The summed E-state index contributed by atoms with van der Waals surface area (Å²) in [6.07, 6.45) is 3.86. The maximum atomic E-state index is 11.8. The Kier molecular flexibility index (Phi) is 3.31. The van der Waals surface area contributed by atoms with Gasteiger partial charge in [-0.05, 0) is 31.4 Å². The molecule has 1 fully saturated rings. The van der Waals surface area contributed by atoms with Crippen molar-refractivity contribution in [3.8, 4) is 11.5 Å². The van der Waals surface area contributed by atoms with E-state index in [9.17, 15) is 8.42 Å². The van der Waals surface area contributed by atoms with Gasteiger partial charge in [-0.15, -0.1) is 0 Å². The fourth-order valence-electron chi connectivity index (χ4n) is 3.13. The average molecular weight is 311 g/mol. The van der Waals surface area contributed by atoms with Gasteiger partial charge >= 0.3 is 0 Å². The zero-order chi connectivity index (χ0) is 15.3. The smallest absolute Gasteiger partial charge is 0.246 e. The summed E-state index contributed by atoms with van der Waals surface area (Å²) >= 11 is 0. The molecule has 1 aliphatic carbocycles. The van der Waals surface area contributed by atoms with Gasteiger partial charge in [0, 0.05) is 37.9 Å². The van der Waals surface area contributed by atoms with Crippen LogP contribution in [0.1, 0.15) is 33.1 Å². The van der Waals surface area contributed by atoms with Crippen LogP contribution >= 0.6 is 0 Å². The first-order valence-electron chi connectivity index (χ1n) is 7.22. The van der Waals surface area contributed by atoms with Gasteiger partial charge in [-0.3, -0.25) is 0 Å². The SMILES string of the molecule is CC1(C)Oc2ccc(NC3CCCC3S(C)(=O)=O)cc2O1. The summed E-state index contributed by atoms with van der Waals surface area (Å²) < 4.78 is 35.0. The van der Waals surface area contributed by atoms with Gasteiger partial charge in [0.05, 0.1) is 5.25 Å². The highest BCUT2D eigenvalue weighted by Crippen LogP contribution is 2.41. The largest absolute Gasteiger partial charge is 0.449 e. The fraction of sp³-hybridized carbons (Fsp3) is 0.600. The number of anilines is 1. The molecule has 1 heterocycles. The highest BCUT2D eigenvalue weighted by atomic mass is 32.2. The van der Waals surface area contributed by atoms with Crippen molar-refractivity contribution in [1.82, 2.24) is 0 Å². The maximum Gasteiger partial charge on any atom is 0.246 e. The van der Waals surface area contributed by atoms with E-state index in [1.54, 1.807) is 0 Å². The second-order valence-electron chi connectivity index (χ2n) is 6.32. The number of ether oxygens (including phenoxy) is 2. The molecule has 0 aromatic heterocycles. The van der Waals surface area contributed by atoms with Crippen LogP contribution in [-0.4, -0.2) is 31.8 Å². The molecule has 6 heteroatoms. The van der Waals surface area contributed by atoms with Crippen LogP contribution in [0.5, 0.6) is 11.5 Å². The number of sulfone groups is 1. The topological polar surface area (TPSA) is 64.6 Å². The molecule has 2 atom stereocenters. The molecular weight excluding hydrogens is 290 g/mol. The molecule has 21 heavy (non-hydrogen) atoms. The van der Waals surface area contributed by atoms with E-state index in [0.29, 0.717) is 5.75 Å². The van der Waals surface area contributed by atoms with Crippen LogP contribution < -0.4 is 14.8 Å². The lowest BCUT2D eigenvalue weighted by Crippen LogP contribution is -2.34. The molecule has 0 bridgehead atoms. The maximum absolute atomic E-state index is 11.8. The van der Waals surface area contributed by atoms with Crippen molar-refractivity contribution in [3.05, 3.63) is 18.2 Å². The lowest BCUT2D eigenvalue weighted by Gasteiger charge is -2.20. The Labute approximate surface area is 125 Å². The zero-order valence-corrected chi connectivity index (χ0v) is 13.4. The van der Waals surface area contributed by atoms with E-state index in [2.05, 4.69) is 5.32 Å². The van der Waals surface area contributed by atoms with Gasteiger partial charge in [-0.25, -0.2) is 8.42 Å². The number of benzene rings is 1. The van der Waals surface area contributed by atoms with Crippen molar-refractivity contribution >= 4 is 15.5 Å². The van der Waals surface area contributed by atoms with Crippen LogP contribution in [0.15, 0.2) is 18.2 Å². The monoisotopic (exact) mass is 311 g/mol.